The SMILES string of the molecule is CN1CCO[C@@H](CNCc2cc(Cl)c3c(c2)OCCO3)C1. The summed E-state index contributed by atoms with van der Waals surface area (Å²) in [4.78, 5) is 2.29. The second-order valence-electron chi connectivity index (χ2n) is 5.49. The topological polar surface area (TPSA) is 43.0 Å². The van der Waals surface area contributed by atoms with Gasteiger partial charge in [-0.1, -0.05) is 11.6 Å². The van der Waals surface area contributed by atoms with Crippen LogP contribution in [0.3, 0.4) is 0 Å². The lowest BCUT2D eigenvalue weighted by Gasteiger charge is -2.30. The number of halogens is 1. The molecule has 3 rings (SSSR count). The van der Waals surface area contributed by atoms with Crippen LogP contribution in [0, 0.1) is 0 Å². The van der Waals surface area contributed by atoms with E-state index >= 15 is 0 Å². The maximum Gasteiger partial charge on any atom is 0.179 e. The van der Waals surface area contributed by atoms with E-state index in [1.54, 1.807) is 0 Å². The summed E-state index contributed by atoms with van der Waals surface area (Å²) in [5, 5.41) is 4.03. The number of rotatable bonds is 4. The third kappa shape index (κ3) is 3.80. The van der Waals surface area contributed by atoms with Crippen molar-refractivity contribution >= 4 is 11.6 Å². The fourth-order valence-corrected chi connectivity index (χ4v) is 2.92. The average Bonchev–Trinajstić information content (AvgIpc) is 2.47. The van der Waals surface area contributed by atoms with E-state index in [1.165, 1.54) is 0 Å². The fourth-order valence-electron chi connectivity index (χ4n) is 2.63. The van der Waals surface area contributed by atoms with Gasteiger partial charge in [0.05, 0.1) is 17.7 Å². The lowest BCUT2D eigenvalue weighted by molar-refractivity contribution is -0.0182. The van der Waals surface area contributed by atoms with E-state index < -0.39 is 0 Å². The number of nitrogens with zero attached hydrogens (tertiary/aromatic N) is 1. The van der Waals surface area contributed by atoms with Gasteiger partial charge in [-0.2, -0.15) is 0 Å². The number of nitrogens with one attached hydrogen (secondary N) is 1. The van der Waals surface area contributed by atoms with Crippen molar-refractivity contribution in [2.75, 3.05) is 46.5 Å². The predicted octanol–water partition coefficient (Wildman–Crippen LogP) is 1.53. The molecular formula is C15H21ClN2O3. The molecule has 5 nitrogen and oxygen atoms in total. The van der Waals surface area contributed by atoms with Crippen molar-refractivity contribution in [3.8, 4) is 11.5 Å². The molecule has 1 saturated heterocycles. The van der Waals surface area contributed by atoms with Gasteiger partial charge in [-0.3, -0.25) is 0 Å². The summed E-state index contributed by atoms with van der Waals surface area (Å²) in [7, 11) is 2.12. The van der Waals surface area contributed by atoms with E-state index in [1.807, 2.05) is 12.1 Å². The number of hydrogen-bond donors (Lipinski definition) is 1. The minimum Gasteiger partial charge on any atom is -0.486 e. The predicted molar refractivity (Wildman–Crippen MR) is 81.4 cm³/mol. The van der Waals surface area contributed by atoms with Gasteiger partial charge in [-0.25, -0.2) is 0 Å². The van der Waals surface area contributed by atoms with Crippen molar-refractivity contribution in [2.24, 2.45) is 0 Å². The number of likely N-dealkylation sites (N-methyl/N-ethyl adjacent to an activating group) is 1. The molecule has 1 N–H and O–H groups in total. The molecule has 2 aliphatic rings. The second-order valence-corrected chi connectivity index (χ2v) is 5.89. The molecule has 116 valence electrons. The molecular weight excluding hydrogens is 292 g/mol. The van der Waals surface area contributed by atoms with Crippen molar-refractivity contribution in [3.05, 3.63) is 22.7 Å². The number of fused-ring (bicyclic) bond motifs is 1. The van der Waals surface area contributed by atoms with Crippen LogP contribution in [0.4, 0.5) is 0 Å². The van der Waals surface area contributed by atoms with Gasteiger partial charge in [0.1, 0.15) is 13.2 Å². The molecule has 1 aromatic rings. The zero-order chi connectivity index (χ0) is 14.7. The van der Waals surface area contributed by atoms with Crippen LogP contribution in [-0.4, -0.2) is 57.5 Å². The maximum absolute atomic E-state index is 6.23. The summed E-state index contributed by atoms with van der Waals surface area (Å²) in [6.45, 7) is 5.47. The molecule has 0 spiro atoms. The van der Waals surface area contributed by atoms with E-state index in [9.17, 15) is 0 Å². The average molecular weight is 313 g/mol. The minimum atomic E-state index is 0.247. The minimum absolute atomic E-state index is 0.247. The molecule has 0 amide bonds. The number of morpholine rings is 1. The zero-order valence-electron chi connectivity index (χ0n) is 12.2. The molecule has 1 fully saturated rings. The largest absolute Gasteiger partial charge is 0.486 e. The van der Waals surface area contributed by atoms with Crippen LogP contribution in [0.25, 0.3) is 0 Å². The van der Waals surface area contributed by atoms with Crippen LogP contribution < -0.4 is 14.8 Å². The van der Waals surface area contributed by atoms with Gasteiger partial charge in [0.25, 0.3) is 0 Å². The van der Waals surface area contributed by atoms with Gasteiger partial charge < -0.3 is 24.4 Å². The Morgan fingerprint density at radius 3 is 3.00 bits per heavy atom. The number of ether oxygens (including phenoxy) is 3. The highest BCUT2D eigenvalue weighted by molar-refractivity contribution is 6.32. The highest BCUT2D eigenvalue weighted by Crippen LogP contribution is 2.38. The van der Waals surface area contributed by atoms with Crippen LogP contribution in [0.15, 0.2) is 12.1 Å². The van der Waals surface area contributed by atoms with E-state index in [-0.39, 0.29) is 6.10 Å². The van der Waals surface area contributed by atoms with Gasteiger partial charge in [-0.05, 0) is 24.7 Å². The number of hydrogen-bond acceptors (Lipinski definition) is 5. The molecule has 1 aromatic carbocycles. The molecule has 6 heteroatoms. The summed E-state index contributed by atoms with van der Waals surface area (Å²) in [5.74, 6) is 1.39. The fraction of sp³-hybridized carbons (Fsp3) is 0.600. The van der Waals surface area contributed by atoms with Crippen LogP contribution in [0.5, 0.6) is 11.5 Å². The summed E-state index contributed by atoms with van der Waals surface area (Å²) in [6, 6.07) is 3.91. The third-order valence-electron chi connectivity index (χ3n) is 3.70. The Hall–Kier alpha value is -1.01. The van der Waals surface area contributed by atoms with Crippen molar-refractivity contribution in [3.63, 3.8) is 0 Å². The van der Waals surface area contributed by atoms with E-state index in [0.717, 1.165) is 44.1 Å². The molecule has 21 heavy (non-hydrogen) atoms. The summed E-state index contributed by atoms with van der Waals surface area (Å²) < 4.78 is 16.8. The lowest BCUT2D eigenvalue weighted by Crippen LogP contribution is -2.44. The van der Waals surface area contributed by atoms with Gasteiger partial charge in [-0.15, -0.1) is 0 Å². The molecule has 0 radical (unpaired) electrons. The van der Waals surface area contributed by atoms with Gasteiger partial charge in [0.15, 0.2) is 11.5 Å². The Balaban J connectivity index is 1.54. The Labute approximate surface area is 130 Å². The molecule has 2 aliphatic heterocycles. The smallest absolute Gasteiger partial charge is 0.179 e. The summed E-state index contributed by atoms with van der Waals surface area (Å²) in [5.41, 5.74) is 1.09. The summed E-state index contributed by atoms with van der Waals surface area (Å²) in [6.07, 6.45) is 0.247. The molecule has 0 unspecified atom stereocenters. The van der Waals surface area contributed by atoms with Crippen molar-refractivity contribution in [1.82, 2.24) is 10.2 Å². The van der Waals surface area contributed by atoms with E-state index in [2.05, 4.69) is 17.3 Å². The van der Waals surface area contributed by atoms with Crippen molar-refractivity contribution in [2.45, 2.75) is 12.6 Å². The molecule has 1 atom stereocenters. The van der Waals surface area contributed by atoms with Crippen LogP contribution in [0.2, 0.25) is 5.02 Å². The van der Waals surface area contributed by atoms with E-state index in [4.69, 9.17) is 25.8 Å². The van der Waals surface area contributed by atoms with Crippen LogP contribution in [-0.2, 0) is 11.3 Å². The van der Waals surface area contributed by atoms with Gasteiger partial charge in [0, 0.05) is 26.2 Å². The van der Waals surface area contributed by atoms with Crippen LogP contribution in [0.1, 0.15) is 5.56 Å². The van der Waals surface area contributed by atoms with Crippen molar-refractivity contribution < 1.29 is 14.2 Å². The Bertz CT molecular complexity index is 498. The first-order valence-corrected chi connectivity index (χ1v) is 7.69. The van der Waals surface area contributed by atoms with Gasteiger partial charge in [0.2, 0.25) is 0 Å². The quantitative estimate of drug-likeness (QED) is 0.913. The maximum atomic E-state index is 6.23. The number of benzene rings is 1. The van der Waals surface area contributed by atoms with E-state index in [0.29, 0.717) is 24.0 Å². The standard InChI is InChI=1S/C15H21ClN2O3/c1-18-2-3-19-12(10-18)9-17-8-11-6-13(16)15-14(7-11)20-4-5-21-15/h6-7,12,17H,2-5,8-10H2,1H3/t12-/m0/s1. The first-order valence-electron chi connectivity index (χ1n) is 7.31. The first kappa shape index (κ1) is 14.9. The highest BCUT2D eigenvalue weighted by atomic mass is 35.5. The Morgan fingerprint density at radius 1 is 1.29 bits per heavy atom. The monoisotopic (exact) mass is 312 g/mol. The lowest BCUT2D eigenvalue weighted by atomic mass is 10.2. The summed E-state index contributed by atoms with van der Waals surface area (Å²) >= 11 is 6.23. The molecule has 2 heterocycles. The molecule has 0 saturated carbocycles. The Morgan fingerprint density at radius 2 is 2.14 bits per heavy atom. The zero-order valence-corrected chi connectivity index (χ0v) is 13.0. The third-order valence-corrected chi connectivity index (χ3v) is 3.98. The van der Waals surface area contributed by atoms with Crippen molar-refractivity contribution in [1.29, 1.82) is 0 Å². The molecule has 0 aliphatic carbocycles. The highest BCUT2D eigenvalue weighted by Gasteiger charge is 2.18. The Kier molecular flexibility index (Phi) is 4.85. The molecule has 0 bridgehead atoms. The normalized spacial score (nSPS) is 22.3. The molecule has 0 aromatic heterocycles. The first-order chi connectivity index (χ1) is 10.2. The van der Waals surface area contributed by atoms with Gasteiger partial charge >= 0.3 is 0 Å². The van der Waals surface area contributed by atoms with Crippen LogP contribution >= 0.6 is 11.6 Å². The second kappa shape index (κ2) is 6.83.